The van der Waals surface area contributed by atoms with Gasteiger partial charge in [0.1, 0.15) is 0 Å². The predicted molar refractivity (Wildman–Crippen MR) is 66.3 cm³/mol. The van der Waals surface area contributed by atoms with E-state index in [1.165, 1.54) is 11.8 Å². The number of H-pyrrole nitrogens is 1. The lowest BCUT2D eigenvalue weighted by atomic mass is 10.2. The van der Waals surface area contributed by atoms with Crippen molar-refractivity contribution in [3.8, 4) is 0 Å². The first-order chi connectivity index (χ1) is 7.65. The number of halogens is 1. The highest BCUT2D eigenvalue weighted by atomic mass is 35.5. The molecule has 0 unspecified atom stereocenters. The Kier molecular flexibility index (Phi) is 3.41. The van der Waals surface area contributed by atoms with Crippen molar-refractivity contribution >= 4 is 40.2 Å². The lowest BCUT2D eigenvalue weighted by Crippen LogP contribution is -1.95. The minimum Gasteiger partial charge on any atom is -0.481 e. The highest BCUT2D eigenvalue weighted by Crippen LogP contribution is 2.25. The van der Waals surface area contributed by atoms with Crippen molar-refractivity contribution in [3.63, 3.8) is 0 Å². The van der Waals surface area contributed by atoms with Gasteiger partial charge in [-0.2, -0.15) is 0 Å². The topological polar surface area (TPSA) is 53.1 Å². The fourth-order valence-corrected chi connectivity index (χ4v) is 2.46. The number of hydrogen-bond donors (Lipinski definition) is 2. The summed E-state index contributed by atoms with van der Waals surface area (Å²) in [5, 5.41) is 11.3. The maximum absolute atomic E-state index is 10.4. The summed E-state index contributed by atoms with van der Waals surface area (Å²) in [6.45, 7) is 0. The van der Waals surface area contributed by atoms with Crippen molar-refractivity contribution in [2.45, 2.75) is 11.4 Å². The number of aromatic amines is 1. The monoisotopic (exact) mass is 255 g/mol. The fourth-order valence-electron chi connectivity index (χ4n) is 1.40. The third-order valence-corrected chi connectivity index (χ3v) is 3.31. The molecule has 16 heavy (non-hydrogen) atoms. The van der Waals surface area contributed by atoms with Crippen LogP contribution < -0.4 is 0 Å². The Morgan fingerprint density at radius 2 is 2.25 bits per heavy atom. The Balaban J connectivity index is 2.10. The van der Waals surface area contributed by atoms with Gasteiger partial charge in [-0.3, -0.25) is 4.79 Å². The summed E-state index contributed by atoms with van der Waals surface area (Å²) in [6, 6.07) is 7.63. The van der Waals surface area contributed by atoms with Gasteiger partial charge in [0, 0.05) is 21.7 Å². The molecule has 0 saturated heterocycles. The SMILES string of the molecule is O=C(O)CCSc1cc2ccc(Cl)cc2[nH]1. The molecule has 0 bridgehead atoms. The van der Waals surface area contributed by atoms with E-state index < -0.39 is 5.97 Å². The zero-order valence-corrected chi connectivity index (χ0v) is 9.94. The summed E-state index contributed by atoms with van der Waals surface area (Å²) in [5.41, 5.74) is 0.977. The molecule has 5 heteroatoms. The lowest BCUT2D eigenvalue weighted by molar-refractivity contribution is -0.136. The van der Waals surface area contributed by atoms with Crippen LogP contribution in [0.1, 0.15) is 6.42 Å². The van der Waals surface area contributed by atoms with Crippen LogP contribution in [0.4, 0.5) is 0 Å². The predicted octanol–water partition coefficient (Wildman–Crippen LogP) is 3.39. The van der Waals surface area contributed by atoms with Gasteiger partial charge in [-0.05, 0) is 18.2 Å². The van der Waals surface area contributed by atoms with E-state index in [0.717, 1.165) is 15.9 Å². The number of fused-ring (bicyclic) bond motifs is 1. The van der Waals surface area contributed by atoms with Crippen molar-refractivity contribution < 1.29 is 9.90 Å². The van der Waals surface area contributed by atoms with Crippen LogP contribution in [0, 0.1) is 0 Å². The Hall–Kier alpha value is -1.13. The number of rotatable bonds is 4. The highest BCUT2D eigenvalue weighted by molar-refractivity contribution is 7.99. The number of carbonyl (C=O) groups is 1. The van der Waals surface area contributed by atoms with Crippen LogP contribution in [0.15, 0.2) is 29.3 Å². The molecule has 1 heterocycles. The van der Waals surface area contributed by atoms with E-state index in [9.17, 15) is 4.79 Å². The van der Waals surface area contributed by atoms with Crippen LogP contribution in [-0.4, -0.2) is 21.8 Å². The van der Waals surface area contributed by atoms with Crippen LogP contribution in [0.25, 0.3) is 10.9 Å². The van der Waals surface area contributed by atoms with E-state index in [1.54, 1.807) is 0 Å². The molecular weight excluding hydrogens is 246 g/mol. The van der Waals surface area contributed by atoms with Crippen molar-refractivity contribution in [1.29, 1.82) is 0 Å². The van der Waals surface area contributed by atoms with Crippen molar-refractivity contribution in [2.75, 3.05) is 5.75 Å². The van der Waals surface area contributed by atoms with Gasteiger partial charge in [0.2, 0.25) is 0 Å². The van der Waals surface area contributed by atoms with Crippen LogP contribution in [0.3, 0.4) is 0 Å². The number of hydrogen-bond acceptors (Lipinski definition) is 2. The summed E-state index contributed by atoms with van der Waals surface area (Å²) in [4.78, 5) is 13.6. The molecule has 0 atom stereocenters. The number of carboxylic acid groups (broad SMARTS) is 1. The second-order valence-electron chi connectivity index (χ2n) is 3.36. The first-order valence-electron chi connectivity index (χ1n) is 4.78. The standard InChI is InChI=1S/C11H10ClNO2S/c12-8-2-1-7-5-10(13-9(7)6-8)16-4-3-11(14)15/h1-2,5-6,13H,3-4H2,(H,14,15). The van der Waals surface area contributed by atoms with Crippen LogP contribution in [0.5, 0.6) is 0 Å². The maximum atomic E-state index is 10.4. The van der Waals surface area contributed by atoms with Gasteiger partial charge >= 0.3 is 5.97 Å². The molecule has 0 aliphatic carbocycles. The average molecular weight is 256 g/mol. The molecule has 2 N–H and O–H groups in total. The smallest absolute Gasteiger partial charge is 0.304 e. The minimum atomic E-state index is -0.772. The lowest BCUT2D eigenvalue weighted by Gasteiger charge is -1.94. The van der Waals surface area contributed by atoms with E-state index in [4.69, 9.17) is 16.7 Å². The van der Waals surface area contributed by atoms with Gasteiger partial charge < -0.3 is 10.1 Å². The van der Waals surface area contributed by atoms with E-state index in [0.29, 0.717) is 10.8 Å². The summed E-state index contributed by atoms with van der Waals surface area (Å²) >= 11 is 7.37. The number of thioether (sulfide) groups is 1. The first-order valence-corrected chi connectivity index (χ1v) is 6.14. The zero-order valence-electron chi connectivity index (χ0n) is 8.37. The minimum absolute atomic E-state index is 0.167. The molecule has 0 radical (unpaired) electrons. The van der Waals surface area contributed by atoms with Crippen LogP contribution in [-0.2, 0) is 4.79 Å². The maximum Gasteiger partial charge on any atom is 0.304 e. The van der Waals surface area contributed by atoms with E-state index in [-0.39, 0.29) is 6.42 Å². The number of aromatic nitrogens is 1. The van der Waals surface area contributed by atoms with Gasteiger partial charge in [-0.1, -0.05) is 17.7 Å². The third-order valence-electron chi connectivity index (χ3n) is 2.13. The molecule has 84 valence electrons. The third kappa shape index (κ3) is 2.71. The second kappa shape index (κ2) is 4.80. The molecular formula is C11H10ClNO2S. The largest absolute Gasteiger partial charge is 0.481 e. The molecule has 2 rings (SSSR count). The Morgan fingerprint density at radius 3 is 3.00 bits per heavy atom. The van der Waals surface area contributed by atoms with Crippen molar-refractivity contribution in [3.05, 3.63) is 29.3 Å². The number of benzene rings is 1. The number of carboxylic acids is 1. The fraction of sp³-hybridized carbons (Fsp3) is 0.182. The number of nitrogens with one attached hydrogen (secondary N) is 1. The average Bonchev–Trinajstić information content (AvgIpc) is 2.58. The molecule has 0 amide bonds. The van der Waals surface area contributed by atoms with E-state index >= 15 is 0 Å². The van der Waals surface area contributed by atoms with Crippen molar-refractivity contribution in [2.24, 2.45) is 0 Å². The molecule has 3 nitrogen and oxygen atoms in total. The Labute approximate surface area is 102 Å². The normalized spacial score (nSPS) is 10.8. The van der Waals surface area contributed by atoms with Gasteiger partial charge in [-0.25, -0.2) is 0 Å². The van der Waals surface area contributed by atoms with Crippen LogP contribution >= 0.6 is 23.4 Å². The first kappa shape index (κ1) is 11.4. The summed E-state index contributed by atoms with van der Waals surface area (Å²) in [6.07, 6.45) is 0.167. The molecule has 0 spiro atoms. The van der Waals surface area contributed by atoms with E-state index in [1.807, 2.05) is 24.3 Å². The molecule has 0 aliphatic heterocycles. The Morgan fingerprint density at radius 1 is 1.44 bits per heavy atom. The zero-order chi connectivity index (χ0) is 11.5. The second-order valence-corrected chi connectivity index (χ2v) is 4.93. The molecule has 0 saturated carbocycles. The highest BCUT2D eigenvalue weighted by Gasteiger charge is 2.03. The van der Waals surface area contributed by atoms with Gasteiger partial charge in [0.05, 0.1) is 11.4 Å². The van der Waals surface area contributed by atoms with Gasteiger partial charge in [0.25, 0.3) is 0 Å². The van der Waals surface area contributed by atoms with E-state index in [2.05, 4.69) is 4.98 Å². The van der Waals surface area contributed by atoms with Gasteiger partial charge in [-0.15, -0.1) is 11.8 Å². The molecule has 1 aromatic heterocycles. The molecule has 0 fully saturated rings. The molecule has 0 aliphatic rings. The van der Waals surface area contributed by atoms with Crippen LogP contribution in [0.2, 0.25) is 5.02 Å². The summed E-state index contributed by atoms with van der Waals surface area (Å²) in [7, 11) is 0. The molecule has 2 aromatic rings. The molecule has 1 aromatic carbocycles. The summed E-state index contributed by atoms with van der Waals surface area (Å²) < 4.78 is 0. The quantitative estimate of drug-likeness (QED) is 0.824. The Bertz CT molecular complexity index is 524. The van der Waals surface area contributed by atoms with Crippen molar-refractivity contribution in [1.82, 2.24) is 4.98 Å². The van der Waals surface area contributed by atoms with Gasteiger partial charge in [0.15, 0.2) is 0 Å². The summed E-state index contributed by atoms with van der Waals surface area (Å²) in [5.74, 6) is -0.206. The number of aliphatic carboxylic acids is 1.